The van der Waals surface area contributed by atoms with Crippen LogP contribution in [0.5, 0.6) is 0 Å². The molecule has 0 aromatic carbocycles. The zero-order valence-electron chi connectivity index (χ0n) is 9.62. The first-order valence-corrected chi connectivity index (χ1v) is 5.51. The van der Waals surface area contributed by atoms with E-state index in [4.69, 9.17) is 10.5 Å². The Morgan fingerprint density at radius 3 is 2.60 bits per heavy atom. The van der Waals surface area contributed by atoms with Crippen LogP contribution in [0.3, 0.4) is 0 Å². The summed E-state index contributed by atoms with van der Waals surface area (Å²) in [4.78, 5) is 11.2. The fourth-order valence-corrected chi connectivity index (χ4v) is 1.91. The van der Waals surface area contributed by atoms with Gasteiger partial charge >= 0.3 is 5.97 Å². The average Bonchev–Trinajstić information content (AvgIpc) is 2.69. The van der Waals surface area contributed by atoms with Gasteiger partial charge in [0, 0.05) is 6.61 Å². The van der Waals surface area contributed by atoms with E-state index < -0.39 is 11.5 Å². The molecule has 1 unspecified atom stereocenters. The van der Waals surface area contributed by atoms with E-state index in [0.717, 1.165) is 0 Å². The Hall–Kier alpha value is -0.610. The number of hydrogen-bond acceptors (Lipinski definition) is 4. The molecule has 4 heteroatoms. The molecule has 1 aliphatic rings. The minimum absolute atomic E-state index is 0.232. The molecule has 0 aromatic heterocycles. The zero-order chi connectivity index (χ0) is 11.3. The van der Waals surface area contributed by atoms with Gasteiger partial charge in [0.15, 0.2) is 0 Å². The Morgan fingerprint density at radius 1 is 1.47 bits per heavy atom. The molecule has 4 nitrogen and oxygen atoms in total. The van der Waals surface area contributed by atoms with Crippen LogP contribution in [0.1, 0.15) is 32.6 Å². The standard InChI is InChI=1S/C11H21NO3/c1-11(12,10(13)14-2)8-15-7-9-5-3-4-6-9/h9H,3-8,12H2,1-2H3. The van der Waals surface area contributed by atoms with Gasteiger partial charge in [-0.25, -0.2) is 4.79 Å². The Bertz CT molecular complexity index is 210. The maximum absolute atomic E-state index is 11.2. The Balaban J connectivity index is 2.20. The van der Waals surface area contributed by atoms with Gasteiger partial charge in [0.05, 0.1) is 13.7 Å². The van der Waals surface area contributed by atoms with Gasteiger partial charge in [0.1, 0.15) is 5.54 Å². The molecule has 0 aromatic rings. The summed E-state index contributed by atoms with van der Waals surface area (Å²) in [7, 11) is 1.34. The lowest BCUT2D eigenvalue weighted by atomic mass is 10.1. The molecule has 1 saturated carbocycles. The molecule has 0 bridgehead atoms. The van der Waals surface area contributed by atoms with Crippen molar-refractivity contribution in [1.82, 2.24) is 0 Å². The molecule has 15 heavy (non-hydrogen) atoms. The monoisotopic (exact) mass is 215 g/mol. The van der Waals surface area contributed by atoms with Crippen LogP contribution in [0.4, 0.5) is 0 Å². The van der Waals surface area contributed by atoms with Gasteiger partial charge in [-0.05, 0) is 25.7 Å². The molecular weight excluding hydrogens is 194 g/mol. The molecule has 0 spiro atoms. The van der Waals surface area contributed by atoms with Crippen molar-refractivity contribution in [2.45, 2.75) is 38.1 Å². The van der Waals surface area contributed by atoms with E-state index >= 15 is 0 Å². The summed E-state index contributed by atoms with van der Waals surface area (Å²) in [5, 5.41) is 0. The van der Waals surface area contributed by atoms with Gasteiger partial charge in [-0.2, -0.15) is 0 Å². The summed E-state index contributed by atoms with van der Waals surface area (Å²) in [5.41, 5.74) is 4.74. The summed E-state index contributed by atoms with van der Waals surface area (Å²) >= 11 is 0. The molecular formula is C11H21NO3. The second-order valence-corrected chi connectivity index (χ2v) is 4.57. The first kappa shape index (κ1) is 12.5. The highest BCUT2D eigenvalue weighted by Gasteiger charge is 2.30. The van der Waals surface area contributed by atoms with Crippen LogP contribution in [-0.4, -0.2) is 31.8 Å². The topological polar surface area (TPSA) is 61.5 Å². The molecule has 0 saturated heterocycles. The van der Waals surface area contributed by atoms with Gasteiger partial charge in [0.2, 0.25) is 0 Å². The SMILES string of the molecule is COC(=O)C(C)(N)COCC1CCCC1. The first-order chi connectivity index (χ1) is 7.06. The number of rotatable bonds is 5. The highest BCUT2D eigenvalue weighted by atomic mass is 16.5. The van der Waals surface area contributed by atoms with E-state index in [0.29, 0.717) is 12.5 Å². The lowest BCUT2D eigenvalue weighted by Crippen LogP contribution is -2.50. The molecule has 1 rings (SSSR count). The fourth-order valence-electron chi connectivity index (χ4n) is 1.91. The summed E-state index contributed by atoms with van der Waals surface area (Å²) in [6.45, 7) is 2.58. The van der Waals surface area contributed by atoms with Crippen LogP contribution in [0, 0.1) is 5.92 Å². The lowest BCUT2D eigenvalue weighted by molar-refractivity contribution is -0.148. The van der Waals surface area contributed by atoms with Crippen LogP contribution in [0.15, 0.2) is 0 Å². The first-order valence-electron chi connectivity index (χ1n) is 5.51. The molecule has 1 fully saturated rings. The van der Waals surface area contributed by atoms with Crippen LogP contribution in [0.25, 0.3) is 0 Å². The Kier molecular flexibility index (Phi) is 4.54. The molecule has 0 radical (unpaired) electrons. The number of esters is 1. The lowest BCUT2D eigenvalue weighted by Gasteiger charge is -2.22. The normalized spacial score (nSPS) is 21.3. The van der Waals surface area contributed by atoms with Gasteiger partial charge < -0.3 is 15.2 Å². The van der Waals surface area contributed by atoms with E-state index in [-0.39, 0.29) is 6.61 Å². The number of methoxy groups -OCH3 is 1. The number of nitrogens with two attached hydrogens (primary N) is 1. The molecule has 0 aliphatic heterocycles. The van der Waals surface area contributed by atoms with E-state index in [1.807, 2.05) is 0 Å². The minimum atomic E-state index is -1.02. The highest BCUT2D eigenvalue weighted by molar-refractivity contribution is 5.80. The van der Waals surface area contributed by atoms with Crippen LogP contribution >= 0.6 is 0 Å². The molecule has 88 valence electrons. The van der Waals surface area contributed by atoms with Crippen molar-refractivity contribution in [1.29, 1.82) is 0 Å². The second kappa shape index (κ2) is 5.47. The quantitative estimate of drug-likeness (QED) is 0.697. The third kappa shape index (κ3) is 3.80. The van der Waals surface area contributed by atoms with Crippen LogP contribution in [-0.2, 0) is 14.3 Å². The van der Waals surface area contributed by atoms with Crippen molar-refractivity contribution < 1.29 is 14.3 Å². The molecule has 1 atom stereocenters. The third-order valence-corrected chi connectivity index (χ3v) is 2.88. The van der Waals surface area contributed by atoms with Gasteiger partial charge in [-0.15, -0.1) is 0 Å². The number of hydrogen-bond donors (Lipinski definition) is 1. The van der Waals surface area contributed by atoms with Crippen molar-refractivity contribution in [3.05, 3.63) is 0 Å². The van der Waals surface area contributed by atoms with Crippen molar-refractivity contribution in [3.8, 4) is 0 Å². The summed E-state index contributed by atoms with van der Waals surface area (Å²) in [5.74, 6) is 0.229. The van der Waals surface area contributed by atoms with Crippen molar-refractivity contribution >= 4 is 5.97 Å². The molecule has 0 amide bonds. The van der Waals surface area contributed by atoms with Gasteiger partial charge in [-0.1, -0.05) is 12.8 Å². The van der Waals surface area contributed by atoms with E-state index in [2.05, 4.69) is 4.74 Å². The molecule has 1 aliphatic carbocycles. The fraction of sp³-hybridized carbons (Fsp3) is 0.909. The van der Waals surface area contributed by atoms with Crippen LogP contribution in [0.2, 0.25) is 0 Å². The Labute approximate surface area is 91.1 Å². The van der Waals surface area contributed by atoms with Gasteiger partial charge in [0.25, 0.3) is 0 Å². The number of carbonyl (C=O) groups is 1. The largest absolute Gasteiger partial charge is 0.468 e. The average molecular weight is 215 g/mol. The smallest absolute Gasteiger partial charge is 0.327 e. The predicted octanol–water partition coefficient (Wildman–Crippen LogP) is 1.08. The minimum Gasteiger partial charge on any atom is -0.468 e. The summed E-state index contributed by atoms with van der Waals surface area (Å²) in [6.07, 6.45) is 5.06. The summed E-state index contributed by atoms with van der Waals surface area (Å²) < 4.78 is 10.1. The van der Waals surface area contributed by atoms with Crippen molar-refractivity contribution in [2.75, 3.05) is 20.3 Å². The molecule has 0 heterocycles. The zero-order valence-corrected chi connectivity index (χ0v) is 9.62. The number of ether oxygens (including phenoxy) is 2. The van der Waals surface area contributed by atoms with E-state index in [9.17, 15) is 4.79 Å². The summed E-state index contributed by atoms with van der Waals surface area (Å²) in [6, 6.07) is 0. The van der Waals surface area contributed by atoms with E-state index in [1.54, 1.807) is 6.92 Å². The maximum atomic E-state index is 11.2. The van der Waals surface area contributed by atoms with Crippen molar-refractivity contribution in [2.24, 2.45) is 11.7 Å². The third-order valence-electron chi connectivity index (χ3n) is 2.88. The highest BCUT2D eigenvalue weighted by Crippen LogP contribution is 2.24. The number of carbonyl (C=O) groups excluding carboxylic acids is 1. The second-order valence-electron chi connectivity index (χ2n) is 4.57. The maximum Gasteiger partial charge on any atom is 0.327 e. The van der Waals surface area contributed by atoms with Crippen LogP contribution < -0.4 is 5.73 Å². The molecule has 2 N–H and O–H groups in total. The van der Waals surface area contributed by atoms with Gasteiger partial charge in [-0.3, -0.25) is 0 Å². The van der Waals surface area contributed by atoms with Crippen molar-refractivity contribution in [3.63, 3.8) is 0 Å². The Morgan fingerprint density at radius 2 is 2.07 bits per heavy atom. The van der Waals surface area contributed by atoms with E-state index in [1.165, 1.54) is 32.8 Å². The predicted molar refractivity (Wildman–Crippen MR) is 57.4 cm³/mol.